The van der Waals surface area contributed by atoms with E-state index in [1.165, 1.54) is 5.56 Å². The third-order valence-electron chi connectivity index (χ3n) is 8.36. The van der Waals surface area contributed by atoms with Crippen molar-refractivity contribution in [2.75, 3.05) is 39.4 Å². The van der Waals surface area contributed by atoms with E-state index >= 15 is 0 Å². The van der Waals surface area contributed by atoms with Crippen molar-refractivity contribution in [1.82, 2.24) is 24.9 Å². The monoisotopic (exact) mass is 519 g/mol. The normalized spacial score (nSPS) is 21.8. The van der Waals surface area contributed by atoms with Crippen LogP contribution in [0.1, 0.15) is 72.7 Å². The van der Waals surface area contributed by atoms with Crippen molar-refractivity contribution in [2.24, 2.45) is 5.92 Å². The van der Waals surface area contributed by atoms with Gasteiger partial charge in [0.15, 0.2) is 5.82 Å². The van der Waals surface area contributed by atoms with E-state index in [0.717, 1.165) is 94.3 Å². The maximum atomic E-state index is 13.3. The van der Waals surface area contributed by atoms with Crippen molar-refractivity contribution in [3.05, 3.63) is 53.0 Å². The first-order valence-corrected chi connectivity index (χ1v) is 14.0. The van der Waals surface area contributed by atoms with Crippen LogP contribution in [-0.2, 0) is 16.1 Å². The highest BCUT2D eigenvalue weighted by molar-refractivity contribution is 5.79. The molecular weight excluding hydrogens is 482 g/mol. The molecule has 0 bridgehead atoms. The number of piperidine rings is 1. The summed E-state index contributed by atoms with van der Waals surface area (Å²) < 4.78 is 17.1. The van der Waals surface area contributed by atoms with Crippen LogP contribution in [0.15, 0.2) is 33.2 Å². The van der Waals surface area contributed by atoms with Crippen molar-refractivity contribution < 1.29 is 18.5 Å². The lowest BCUT2D eigenvalue weighted by molar-refractivity contribution is -0.136. The van der Waals surface area contributed by atoms with E-state index in [1.54, 1.807) is 0 Å². The zero-order chi connectivity index (χ0) is 26.1. The summed E-state index contributed by atoms with van der Waals surface area (Å²) in [6.07, 6.45) is 4.51. The third kappa shape index (κ3) is 5.40. The molecule has 0 aliphatic carbocycles. The predicted octanol–water partition coefficient (Wildman–Crippen LogP) is 4.46. The van der Waals surface area contributed by atoms with Gasteiger partial charge in [0.05, 0.1) is 11.6 Å². The smallest absolute Gasteiger partial charge is 0.231 e. The number of benzene rings is 1. The fourth-order valence-electron chi connectivity index (χ4n) is 5.98. The Balaban J connectivity index is 0.999. The Labute approximate surface area is 223 Å². The maximum Gasteiger partial charge on any atom is 0.231 e. The first-order valence-electron chi connectivity index (χ1n) is 14.0. The average molecular weight is 520 g/mol. The molecular formula is C29H37N5O4. The Bertz CT molecular complexity index is 1260. The topological polar surface area (TPSA) is 97.7 Å². The summed E-state index contributed by atoms with van der Waals surface area (Å²) >= 11 is 0. The number of rotatable bonds is 6. The van der Waals surface area contributed by atoms with Gasteiger partial charge in [-0.3, -0.25) is 9.69 Å². The molecule has 5 heterocycles. The van der Waals surface area contributed by atoms with Crippen molar-refractivity contribution >= 4 is 5.91 Å². The molecule has 6 rings (SSSR count). The van der Waals surface area contributed by atoms with Crippen LogP contribution in [0.2, 0.25) is 0 Å². The van der Waals surface area contributed by atoms with E-state index < -0.39 is 0 Å². The molecule has 1 aromatic carbocycles. The van der Waals surface area contributed by atoms with E-state index in [4.69, 9.17) is 23.6 Å². The molecule has 0 saturated carbocycles. The molecule has 0 radical (unpaired) electrons. The van der Waals surface area contributed by atoms with Crippen LogP contribution in [0.4, 0.5) is 0 Å². The van der Waals surface area contributed by atoms with E-state index in [0.29, 0.717) is 24.2 Å². The van der Waals surface area contributed by atoms with Gasteiger partial charge in [0.1, 0.15) is 5.76 Å². The Morgan fingerprint density at radius 1 is 1.00 bits per heavy atom. The number of aromatic nitrogens is 3. The molecule has 3 aromatic rings. The molecule has 2 aromatic heterocycles. The van der Waals surface area contributed by atoms with E-state index in [-0.39, 0.29) is 17.7 Å². The van der Waals surface area contributed by atoms with Gasteiger partial charge in [-0.1, -0.05) is 22.9 Å². The van der Waals surface area contributed by atoms with Crippen LogP contribution in [0.3, 0.4) is 0 Å². The largest absolute Gasteiger partial charge is 0.441 e. The molecule has 3 aliphatic rings. The number of carbonyl (C=O) groups excluding carboxylic acids is 1. The molecule has 0 N–H and O–H groups in total. The van der Waals surface area contributed by atoms with Crippen molar-refractivity contribution in [3.63, 3.8) is 0 Å². The molecule has 3 fully saturated rings. The number of hydrogen-bond acceptors (Lipinski definition) is 8. The summed E-state index contributed by atoms with van der Waals surface area (Å²) in [6.45, 7) is 9.53. The highest BCUT2D eigenvalue weighted by atomic mass is 16.5. The second kappa shape index (κ2) is 11.0. The molecule has 1 amide bonds. The SMILES string of the molecule is Cc1cccc(-c2nc(CN3CCC(C(=O)N4CCC(c5nc(C6CCOCC6)no5)C4)CC3)c(C)o2)c1. The minimum Gasteiger partial charge on any atom is -0.441 e. The fourth-order valence-corrected chi connectivity index (χ4v) is 5.98. The lowest BCUT2D eigenvalue weighted by Crippen LogP contribution is -2.41. The zero-order valence-corrected chi connectivity index (χ0v) is 22.4. The van der Waals surface area contributed by atoms with Crippen LogP contribution in [0.5, 0.6) is 0 Å². The summed E-state index contributed by atoms with van der Waals surface area (Å²) in [6, 6.07) is 8.23. The molecule has 3 aliphatic heterocycles. The summed E-state index contributed by atoms with van der Waals surface area (Å²) in [5.74, 6) is 3.83. The number of nitrogens with zero attached hydrogens (tertiary/aromatic N) is 5. The van der Waals surface area contributed by atoms with Gasteiger partial charge in [0.2, 0.25) is 17.7 Å². The molecule has 1 atom stereocenters. The molecule has 1 unspecified atom stereocenters. The van der Waals surface area contributed by atoms with Crippen LogP contribution < -0.4 is 0 Å². The third-order valence-corrected chi connectivity index (χ3v) is 8.36. The van der Waals surface area contributed by atoms with E-state index in [9.17, 15) is 4.79 Å². The second-order valence-corrected chi connectivity index (χ2v) is 11.1. The summed E-state index contributed by atoms with van der Waals surface area (Å²) in [5.41, 5.74) is 3.18. The minimum absolute atomic E-state index is 0.0757. The number of ether oxygens (including phenoxy) is 1. The van der Waals surface area contributed by atoms with Crippen LogP contribution in [0.25, 0.3) is 11.5 Å². The number of carbonyl (C=O) groups is 1. The van der Waals surface area contributed by atoms with Gasteiger partial charge in [-0.15, -0.1) is 0 Å². The molecule has 9 heteroatoms. The van der Waals surface area contributed by atoms with Crippen molar-refractivity contribution in [2.45, 2.75) is 64.3 Å². The number of aryl methyl sites for hydroxylation is 2. The zero-order valence-electron chi connectivity index (χ0n) is 22.4. The fraction of sp³-hybridized carbons (Fsp3) is 0.586. The Hall–Kier alpha value is -3.04. The van der Waals surface area contributed by atoms with Gasteiger partial charge in [-0.25, -0.2) is 4.98 Å². The lowest BCUT2D eigenvalue weighted by Gasteiger charge is -2.32. The predicted molar refractivity (Wildman–Crippen MR) is 140 cm³/mol. The lowest BCUT2D eigenvalue weighted by atomic mass is 9.95. The number of likely N-dealkylation sites (tertiary alicyclic amines) is 2. The Morgan fingerprint density at radius 3 is 2.61 bits per heavy atom. The molecule has 3 saturated heterocycles. The van der Waals surface area contributed by atoms with Gasteiger partial charge < -0.3 is 18.6 Å². The average Bonchev–Trinajstić information content (AvgIpc) is 3.70. The van der Waals surface area contributed by atoms with Crippen LogP contribution in [0, 0.1) is 19.8 Å². The molecule has 9 nitrogen and oxygen atoms in total. The van der Waals surface area contributed by atoms with Crippen LogP contribution >= 0.6 is 0 Å². The highest BCUT2D eigenvalue weighted by Gasteiger charge is 2.36. The first kappa shape index (κ1) is 25.2. The highest BCUT2D eigenvalue weighted by Crippen LogP contribution is 2.32. The van der Waals surface area contributed by atoms with E-state index in [1.807, 2.05) is 24.0 Å². The van der Waals surface area contributed by atoms with Gasteiger partial charge in [0, 0.05) is 50.2 Å². The molecule has 202 valence electrons. The number of oxazole rings is 1. The number of amides is 1. The van der Waals surface area contributed by atoms with Gasteiger partial charge in [0.25, 0.3) is 0 Å². The quantitative estimate of drug-likeness (QED) is 0.471. The maximum absolute atomic E-state index is 13.3. The van der Waals surface area contributed by atoms with Gasteiger partial charge in [-0.2, -0.15) is 4.98 Å². The first-order chi connectivity index (χ1) is 18.5. The summed E-state index contributed by atoms with van der Waals surface area (Å²) in [7, 11) is 0. The molecule has 0 spiro atoms. The van der Waals surface area contributed by atoms with Gasteiger partial charge >= 0.3 is 0 Å². The standard InChI is InChI=1S/C29H37N5O4/c1-19-4-3-5-23(16-19)27-30-25(20(2)37-27)18-33-11-6-22(7-12-33)29(35)34-13-8-24(17-34)28-31-26(32-38-28)21-9-14-36-15-10-21/h3-5,16,21-22,24H,6-15,17-18H2,1-2H3. The minimum atomic E-state index is 0.0757. The Morgan fingerprint density at radius 2 is 1.82 bits per heavy atom. The molecule has 38 heavy (non-hydrogen) atoms. The van der Waals surface area contributed by atoms with Gasteiger partial charge in [-0.05, 0) is 71.2 Å². The van der Waals surface area contributed by atoms with Crippen molar-refractivity contribution in [1.29, 1.82) is 0 Å². The summed E-state index contributed by atoms with van der Waals surface area (Å²) in [5, 5.41) is 4.25. The summed E-state index contributed by atoms with van der Waals surface area (Å²) in [4.78, 5) is 27.2. The van der Waals surface area contributed by atoms with E-state index in [2.05, 4.69) is 29.1 Å². The van der Waals surface area contributed by atoms with Crippen molar-refractivity contribution in [3.8, 4) is 11.5 Å². The Kier molecular flexibility index (Phi) is 7.30. The van der Waals surface area contributed by atoms with Crippen LogP contribution in [-0.4, -0.2) is 70.2 Å². The number of hydrogen-bond donors (Lipinski definition) is 0. The second-order valence-electron chi connectivity index (χ2n) is 11.1.